The van der Waals surface area contributed by atoms with Crippen LogP contribution in [0.3, 0.4) is 0 Å². The molecule has 9 nitrogen and oxygen atoms in total. The minimum atomic E-state index is -4.75. The van der Waals surface area contributed by atoms with E-state index in [-0.39, 0.29) is 16.9 Å². The Kier molecular flexibility index (Phi) is 6.69. The molecule has 0 unspecified atom stereocenters. The Morgan fingerprint density at radius 1 is 1.08 bits per heavy atom. The third-order valence-electron chi connectivity index (χ3n) is 5.57. The fraction of sp³-hybridized carbons (Fsp3) is 0.250. The number of aromatic nitrogens is 1. The van der Waals surface area contributed by atoms with Crippen molar-refractivity contribution in [3.63, 3.8) is 0 Å². The van der Waals surface area contributed by atoms with Gasteiger partial charge in [0.05, 0.1) is 34.7 Å². The molecule has 4 rings (SSSR count). The highest BCUT2D eigenvalue weighted by Gasteiger charge is 2.37. The Hall–Kier alpha value is -4.35. The predicted molar refractivity (Wildman–Crippen MR) is 124 cm³/mol. The number of Topliss-reactive ketones (excluding diaryl/α,β-unsaturated/α-hetero) is 1. The van der Waals surface area contributed by atoms with Crippen molar-refractivity contribution in [2.45, 2.75) is 25.9 Å². The van der Waals surface area contributed by atoms with E-state index in [4.69, 9.17) is 9.63 Å². The molecule has 1 aromatic heterocycles. The zero-order valence-electron chi connectivity index (χ0n) is 19.0. The van der Waals surface area contributed by atoms with Crippen LogP contribution in [0.25, 0.3) is 11.3 Å². The van der Waals surface area contributed by atoms with Gasteiger partial charge in [-0.3, -0.25) is 14.9 Å². The lowest BCUT2D eigenvalue weighted by atomic mass is 10.0. The summed E-state index contributed by atoms with van der Waals surface area (Å²) in [6, 6.07) is 9.68. The molecule has 1 aliphatic rings. The van der Waals surface area contributed by atoms with E-state index in [0.29, 0.717) is 42.6 Å². The third-order valence-corrected chi connectivity index (χ3v) is 5.57. The number of rotatable bonds is 7. The molecule has 0 saturated carbocycles. The third kappa shape index (κ3) is 5.48. The average Bonchev–Trinajstić information content (AvgIpc) is 3.19. The van der Waals surface area contributed by atoms with Gasteiger partial charge in [-0.2, -0.15) is 13.2 Å². The summed E-state index contributed by atoms with van der Waals surface area (Å²) >= 11 is 0. The number of hydrogen-bond acceptors (Lipinski definition) is 6. The maximum Gasteiger partial charge on any atom is 0.418 e. The van der Waals surface area contributed by atoms with Crippen LogP contribution in [-0.2, 0) is 11.0 Å². The van der Waals surface area contributed by atoms with E-state index in [1.165, 1.54) is 17.0 Å². The minimum Gasteiger partial charge on any atom is -0.465 e. The highest BCUT2D eigenvalue weighted by Crippen LogP contribution is 2.42. The normalized spacial score (nSPS) is 13.2. The molecule has 2 heterocycles. The number of aryl methyl sites for hydroxylation is 1. The van der Waals surface area contributed by atoms with E-state index in [1.807, 2.05) is 5.32 Å². The van der Waals surface area contributed by atoms with E-state index in [1.54, 1.807) is 25.1 Å². The molecule has 0 radical (unpaired) electrons. The minimum absolute atomic E-state index is 0.185. The molecule has 1 fully saturated rings. The van der Waals surface area contributed by atoms with E-state index in [2.05, 4.69) is 10.5 Å². The number of hydrogen-bond donors (Lipinski definition) is 3. The monoisotopic (exact) mass is 502 g/mol. The summed E-state index contributed by atoms with van der Waals surface area (Å²) < 4.78 is 46.4. The second kappa shape index (κ2) is 9.72. The van der Waals surface area contributed by atoms with Crippen molar-refractivity contribution in [2.75, 3.05) is 28.6 Å². The van der Waals surface area contributed by atoms with Gasteiger partial charge in [-0.25, -0.2) is 4.79 Å². The van der Waals surface area contributed by atoms with E-state index in [0.717, 1.165) is 6.07 Å². The molecule has 0 atom stereocenters. The van der Waals surface area contributed by atoms with Crippen molar-refractivity contribution >= 4 is 34.8 Å². The van der Waals surface area contributed by atoms with Gasteiger partial charge in [0, 0.05) is 30.3 Å². The first kappa shape index (κ1) is 24.8. The van der Waals surface area contributed by atoms with Crippen LogP contribution in [0, 0.1) is 6.92 Å². The number of nitrogens with one attached hydrogen (secondary N) is 2. The van der Waals surface area contributed by atoms with Crippen LogP contribution in [-0.4, -0.2) is 41.1 Å². The molecule has 0 spiro atoms. The van der Waals surface area contributed by atoms with Crippen molar-refractivity contribution in [3.8, 4) is 11.3 Å². The first-order valence-electron chi connectivity index (χ1n) is 10.9. The number of halogens is 3. The van der Waals surface area contributed by atoms with Gasteiger partial charge in [0.15, 0.2) is 11.5 Å². The van der Waals surface area contributed by atoms with Crippen LogP contribution < -0.4 is 15.5 Å². The highest BCUT2D eigenvalue weighted by molar-refractivity contribution is 6.12. The molecule has 188 valence electrons. The smallest absolute Gasteiger partial charge is 0.418 e. The summed E-state index contributed by atoms with van der Waals surface area (Å²) in [6.45, 7) is 2.52. The summed E-state index contributed by atoms with van der Waals surface area (Å²) in [6.07, 6.45) is -6.24. The fourth-order valence-electron chi connectivity index (χ4n) is 3.74. The lowest BCUT2D eigenvalue weighted by molar-refractivity contribution is -0.137. The zero-order valence-corrected chi connectivity index (χ0v) is 19.0. The Bertz CT molecular complexity index is 1330. The molecule has 3 aromatic rings. The van der Waals surface area contributed by atoms with Crippen LogP contribution in [0.1, 0.15) is 34.5 Å². The number of anilines is 3. The Morgan fingerprint density at radius 3 is 2.39 bits per heavy atom. The molecule has 2 amide bonds. The van der Waals surface area contributed by atoms with Crippen molar-refractivity contribution < 1.29 is 37.2 Å². The SMILES string of the molecule is Cc1cc(-c2cccc(C(=O)CC(=O)Nc3cc(C(F)(F)F)c(N4CCC4)cc3NC(=O)O)c2)on1. The van der Waals surface area contributed by atoms with Gasteiger partial charge in [-0.15, -0.1) is 0 Å². The molecule has 1 aliphatic heterocycles. The number of amides is 2. The van der Waals surface area contributed by atoms with Gasteiger partial charge in [-0.05, 0) is 31.5 Å². The lowest BCUT2D eigenvalue weighted by Gasteiger charge is -2.35. The molecule has 2 aromatic carbocycles. The van der Waals surface area contributed by atoms with Crippen molar-refractivity contribution in [1.29, 1.82) is 0 Å². The van der Waals surface area contributed by atoms with E-state index < -0.39 is 41.6 Å². The number of carbonyl (C=O) groups excluding carboxylic acids is 2. The van der Waals surface area contributed by atoms with Crippen LogP contribution in [0.5, 0.6) is 0 Å². The number of carbonyl (C=O) groups is 3. The molecular formula is C24H21F3N4O5. The molecule has 12 heteroatoms. The molecule has 1 saturated heterocycles. The van der Waals surface area contributed by atoms with Gasteiger partial charge in [0.25, 0.3) is 0 Å². The molecule has 3 N–H and O–H groups in total. The summed E-state index contributed by atoms with van der Waals surface area (Å²) in [5.74, 6) is -1.07. The number of benzene rings is 2. The van der Waals surface area contributed by atoms with Gasteiger partial charge in [0.2, 0.25) is 5.91 Å². The molecule has 0 bridgehead atoms. The Balaban J connectivity index is 1.57. The lowest BCUT2D eigenvalue weighted by Crippen LogP contribution is -2.38. The predicted octanol–water partition coefficient (Wildman–Crippen LogP) is 5.18. The maximum absolute atomic E-state index is 13.7. The first-order valence-corrected chi connectivity index (χ1v) is 10.9. The fourth-order valence-corrected chi connectivity index (χ4v) is 3.74. The highest BCUT2D eigenvalue weighted by atomic mass is 19.4. The maximum atomic E-state index is 13.7. The van der Waals surface area contributed by atoms with Crippen LogP contribution in [0.2, 0.25) is 0 Å². The topological polar surface area (TPSA) is 125 Å². The number of nitrogens with zero attached hydrogens (tertiary/aromatic N) is 2. The molecule has 0 aliphatic carbocycles. The Morgan fingerprint density at radius 2 is 1.81 bits per heavy atom. The van der Waals surface area contributed by atoms with Crippen LogP contribution in [0.4, 0.5) is 35.0 Å². The van der Waals surface area contributed by atoms with Gasteiger partial charge >= 0.3 is 12.3 Å². The van der Waals surface area contributed by atoms with Crippen molar-refractivity contribution in [2.24, 2.45) is 0 Å². The largest absolute Gasteiger partial charge is 0.465 e. The summed E-state index contributed by atoms with van der Waals surface area (Å²) in [5, 5.41) is 17.2. The van der Waals surface area contributed by atoms with Gasteiger partial charge < -0.3 is 19.8 Å². The zero-order chi connectivity index (χ0) is 26.0. The Labute approximate surface area is 202 Å². The second-order valence-corrected chi connectivity index (χ2v) is 8.24. The number of alkyl halides is 3. The van der Waals surface area contributed by atoms with E-state index >= 15 is 0 Å². The molecular weight excluding hydrogens is 481 g/mol. The van der Waals surface area contributed by atoms with Gasteiger partial charge in [-0.1, -0.05) is 23.4 Å². The van der Waals surface area contributed by atoms with Crippen LogP contribution >= 0.6 is 0 Å². The van der Waals surface area contributed by atoms with Crippen molar-refractivity contribution in [3.05, 3.63) is 59.3 Å². The summed E-state index contributed by atoms with van der Waals surface area (Å²) in [4.78, 5) is 38.0. The number of carboxylic acid groups (broad SMARTS) is 1. The van der Waals surface area contributed by atoms with Crippen LogP contribution in [0.15, 0.2) is 47.0 Å². The second-order valence-electron chi connectivity index (χ2n) is 8.24. The summed E-state index contributed by atoms with van der Waals surface area (Å²) in [5.41, 5.74) is -0.458. The molecule has 36 heavy (non-hydrogen) atoms. The standard InChI is InChI=1S/C24H21F3N4O5/c1-13-8-21(36-30-13)15-5-2-4-14(9-15)20(32)12-22(33)28-17-10-16(24(25,26)27)19(31-6-3-7-31)11-18(17)29-23(34)35/h2,4-5,8-11,29H,3,6-7,12H2,1H3,(H,28,33)(H,34,35). The quantitative estimate of drug-likeness (QED) is 0.300. The average molecular weight is 502 g/mol. The van der Waals surface area contributed by atoms with Crippen molar-refractivity contribution in [1.82, 2.24) is 5.16 Å². The van der Waals surface area contributed by atoms with Gasteiger partial charge in [0.1, 0.15) is 0 Å². The van der Waals surface area contributed by atoms with E-state index in [9.17, 15) is 27.6 Å². The first-order chi connectivity index (χ1) is 17.0. The summed E-state index contributed by atoms with van der Waals surface area (Å²) in [7, 11) is 0. The number of ketones is 1.